The molecule has 0 aliphatic heterocycles. The molecule has 10 heteroatoms. The van der Waals surface area contributed by atoms with Gasteiger partial charge in [0.1, 0.15) is 10.6 Å². The first-order valence-electron chi connectivity index (χ1n) is 13.6. The summed E-state index contributed by atoms with van der Waals surface area (Å²) in [6.45, 7) is -0.723. The number of ether oxygens (including phenoxy) is 1. The average Bonchev–Trinajstić information content (AvgIpc) is 2.98. The third-order valence-electron chi connectivity index (χ3n) is 8.01. The Kier molecular flexibility index (Phi) is 7.04. The number of aryl methyl sites for hydroxylation is 2. The van der Waals surface area contributed by atoms with Crippen molar-refractivity contribution in [3.8, 4) is 39.4 Å². The van der Waals surface area contributed by atoms with Crippen LogP contribution in [-0.2, 0) is 51.9 Å². The first-order chi connectivity index (χ1) is 20.2. The quantitative estimate of drug-likeness (QED) is 0.251. The number of hydrogen-bond donors (Lipinski definition) is 2. The van der Waals surface area contributed by atoms with Crippen LogP contribution >= 0.6 is 0 Å². The third kappa shape index (κ3) is 4.82. The van der Waals surface area contributed by atoms with Crippen molar-refractivity contribution < 1.29 is 37.0 Å². The molecule has 214 valence electrons. The number of benzene rings is 3. The summed E-state index contributed by atoms with van der Waals surface area (Å²) in [4.78, 5) is 23.9. The molecule has 0 unspecified atom stereocenters. The molecule has 0 fully saturated rings. The number of aromatic nitrogens is 1. The minimum atomic E-state index is -4.59. The number of fused-ring (bicyclic) bond motifs is 6. The Balaban J connectivity index is 1.71. The predicted molar refractivity (Wildman–Crippen MR) is 152 cm³/mol. The Bertz CT molecular complexity index is 1810. The molecule has 42 heavy (non-hydrogen) atoms. The van der Waals surface area contributed by atoms with Crippen molar-refractivity contribution in [3.63, 3.8) is 0 Å². The van der Waals surface area contributed by atoms with E-state index in [-0.39, 0.29) is 17.2 Å². The number of rotatable bonds is 7. The van der Waals surface area contributed by atoms with Gasteiger partial charge >= 0.3 is 0 Å². The van der Waals surface area contributed by atoms with Gasteiger partial charge in [-0.05, 0) is 66.6 Å². The number of nitrogens with zero attached hydrogens (tertiary/aromatic N) is 1. The number of aliphatic carboxylic acids is 1. The number of nitrogens with one attached hydrogen (secondary N) is 1. The average molecular weight is 585 g/mol. The Morgan fingerprint density at radius 3 is 2.00 bits per heavy atom. The number of amides is 1. The maximum absolute atomic E-state index is 13.2. The van der Waals surface area contributed by atoms with E-state index < -0.39 is 28.5 Å². The van der Waals surface area contributed by atoms with Crippen molar-refractivity contribution in [2.45, 2.75) is 37.1 Å². The highest BCUT2D eigenvalue weighted by atomic mass is 32.2. The highest BCUT2D eigenvalue weighted by Crippen LogP contribution is 2.45. The SMILES string of the molecule is COc1ccc(-c2c3c([n+](CC(=O)NCC(=O)[O-])c4c2CCc2ccccc2-4)-c2ccccc2CC3)cc1S(=O)(=O)O. The molecule has 1 amide bonds. The summed E-state index contributed by atoms with van der Waals surface area (Å²) in [6, 6.07) is 20.7. The molecule has 0 radical (unpaired) electrons. The molecule has 0 saturated carbocycles. The van der Waals surface area contributed by atoms with Crippen molar-refractivity contribution in [1.82, 2.24) is 5.32 Å². The summed E-state index contributed by atoms with van der Waals surface area (Å²) >= 11 is 0. The minimum absolute atomic E-state index is 0.0373. The largest absolute Gasteiger partial charge is 0.548 e. The molecular formula is C32H28N2O7S. The molecular weight excluding hydrogens is 556 g/mol. The molecule has 0 bridgehead atoms. The predicted octanol–water partition coefficient (Wildman–Crippen LogP) is 2.29. The van der Waals surface area contributed by atoms with Gasteiger partial charge in [-0.1, -0.05) is 42.5 Å². The Morgan fingerprint density at radius 2 is 1.48 bits per heavy atom. The van der Waals surface area contributed by atoms with Crippen LogP contribution in [0.3, 0.4) is 0 Å². The zero-order chi connectivity index (χ0) is 29.6. The molecule has 3 aromatic carbocycles. The van der Waals surface area contributed by atoms with Gasteiger partial charge in [-0.3, -0.25) is 9.35 Å². The fourth-order valence-corrected chi connectivity index (χ4v) is 7.01. The topological polar surface area (TPSA) is 137 Å². The van der Waals surface area contributed by atoms with Gasteiger partial charge in [-0.15, -0.1) is 0 Å². The summed E-state index contributed by atoms with van der Waals surface area (Å²) in [7, 11) is -3.24. The van der Waals surface area contributed by atoms with Crippen molar-refractivity contribution in [2.24, 2.45) is 0 Å². The molecule has 0 spiro atoms. The highest BCUT2D eigenvalue weighted by Gasteiger charge is 2.38. The fraction of sp³-hybridized carbons (Fsp3) is 0.219. The number of carbonyl (C=O) groups is 2. The minimum Gasteiger partial charge on any atom is -0.548 e. The third-order valence-corrected chi connectivity index (χ3v) is 8.89. The second-order valence-corrected chi connectivity index (χ2v) is 11.8. The molecule has 0 atom stereocenters. The molecule has 2 N–H and O–H groups in total. The number of carboxylic acids is 1. The van der Waals surface area contributed by atoms with Gasteiger partial charge in [-0.25, -0.2) is 0 Å². The van der Waals surface area contributed by atoms with E-state index in [9.17, 15) is 27.7 Å². The van der Waals surface area contributed by atoms with Crippen LogP contribution in [0.2, 0.25) is 0 Å². The lowest BCUT2D eigenvalue weighted by atomic mass is 9.77. The number of pyridine rings is 1. The van der Waals surface area contributed by atoms with E-state index in [2.05, 4.69) is 17.4 Å². The van der Waals surface area contributed by atoms with E-state index in [4.69, 9.17) is 4.74 Å². The lowest BCUT2D eigenvalue weighted by Gasteiger charge is -2.28. The molecule has 0 saturated heterocycles. The Morgan fingerprint density at radius 1 is 0.905 bits per heavy atom. The summed E-state index contributed by atoms with van der Waals surface area (Å²) in [5.74, 6) is -1.81. The first-order valence-corrected chi connectivity index (χ1v) is 15.0. The number of carbonyl (C=O) groups excluding carboxylic acids is 2. The van der Waals surface area contributed by atoms with Crippen LogP contribution in [-0.4, -0.2) is 38.5 Å². The van der Waals surface area contributed by atoms with E-state index in [0.717, 1.165) is 63.2 Å². The van der Waals surface area contributed by atoms with Gasteiger partial charge < -0.3 is 20.0 Å². The van der Waals surface area contributed by atoms with E-state index in [1.165, 1.54) is 13.2 Å². The van der Waals surface area contributed by atoms with Gasteiger partial charge in [-0.2, -0.15) is 13.0 Å². The number of methoxy groups -OCH3 is 1. The van der Waals surface area contributed by atoms with Crippen LogP contribution in [0.25, 0.3) is 33.6 Å². The normalized spacial score (nSPS) is 13.3. The molecule has 1 aromatic heterocycles. The van der Waals surface area contributed by atoms with Crippen LogP contribution in [0.4, 0.5) is 0 Å². The van der Waals surface area contributed by atoms with Crippen molar-refractivity contribution in [2.75, 3.05) is 13.7 Å². The van der Waals surface area contributed by atoms with Gasteiger partial charge in [0, 0.05) is 27.8 Å². The van der Waals surface area contributed by atoms with Gasteiger partial charge in [0.15, 0.2) is 0 Å². The maximum atomic E-state index is 13.2. The molecule has 1 heterocycles. The van der Waals surface area contributed by atoms with E-state index in [1.54, 1.807) is 12.1 Å². The maximum Gasteiger partial charge on any atom is 0.298 e. The smallest absolute Gasteiger partial charge is 0.298 e. The molecule has 9 nitrogen and oxygen atoms in total. The lowest BCUT2D eigenvalue weighted by molar-refractivity contribution is -0.663. The van der Waals surface area contributed by atoms with Gasteiger partial charge in [0.05, 0.1) is 19.6 Å². The van der Waals surface area contributed by atoms with E-state index in [1.807, 2.05) is 41.0 Å². The molecule has 2 aliphatic carbocycles. The van der Waals surface area contributed by atoms with Crippen LogP contribution in [0.15, 0.2) is 71.6 Å². The molecule has 4 aromatic rings. The van der Waals surface area contributed by atoms with Crippen LogP contribution in [0.5, 0.6) is 5.75 Å². The fourth-order valence-electron chi connectivity index (χ4n) is 6.33. The zero-order valence-corrected chi connectivity index (χ0v) is 23.7. The number of carboxylic acid groups (broad SMARTS) is 1. The van der Waals surface area contributed by atoms with E-state index in [0.29, 0.717) is 18.4 Å². The van der Waals surface area contributed by atoms with Crippen molar-refractivity contribution in [3.05, 3.63) is 89.0 Å². The summed E-state index contributed by atoms with van der Waals surface area (Å²) in [5.41, 5.74) is 9.12. The van der Waals surface area contributed by atoms with Gasteiger partial charge in [0.25, 0.3) is 16.0 Å². The van der Waals surface area contributed by atoms with Crippen molar-refractivity contribution in [1.29, 1.82) is 0 Å². The monoisotopic (exact) mass is 584 g/mol. The molecule has 2 aliphatic rings. The van der Waals surface area contributed by atoms with Crippen LogP contribution in [0.1, 0.15) is 22.3 Å². The number of hydrogen-bond acceptors (Lipinski definition) is 6. The van der Waals surface area contributed by atoms with Crippen LogP contribution in [0, 0.1) is 0 Å². The second kappa shape index (κ2) is 10.7. The summed E-state index contributed by atoms with van der Waals surface area (Å²) in [6.07, 6.45) is 2.74. The zero-order valence-electron chi connectivity index (χ0n) is 22.8. The van der Waals surface area contributed by atoms with Gasteiger partial charge in [0.2, 0.25) is 17.9 Å². The summed E-state index contributed by atoms with van der Waals surface area (Å²) < 4.78 is 42.0. The highest BCUT2D eigenvalue weighted by molar-refractivity contribution is 7.86. The Hall–Kier alpha value is -4.54. The summed E-state index contributed by atoms with van der Waals surface area (Å²) in [5, 5.41) is 13.5. The van der Waals surface area contributed by atoms with Crippen LogP contribution < -0.4 is 19.7 Å². The second-order valence-electron chi connectivity index (χ2n) is 10.4. The van der Waals surface area contributed by atoms with Crippen molar-refractivity contribution >= 4 is 22.0 Å². The lowest BCUT2D eigenvalue weighted by Crippen LogP contribution is -2.50. The molecule has 6 rings (SSSR count). The first kappa shape index (κ1) is 27.6. The Labute approximate surface area is 243 Å². The van der Waals surface area contributed by atoms with E-state index >= 15 is 0 Å². The standard InChI is InChI=1S/C32H28N2O7S/c1-41-26-15-12-21(16-27(26)42(38,39)40)30-24-13-10-19-6-2-4-8-22(19)31(24)34(18-28(35)33-17-29(36)37)32-23-9-5-3-7-20(23)11-14-25(30)32/h2-9,12,15-16H,10-11,13-14,17-18H2,1H3,(H2-,33,35,36,37,38,39,40).